The fourth-order valence-corrected chi connectivity index (χ4v) is 4.85. The molecule has 3 aliphatic heterocycles. The van der Waals surface area contributed by atoms with Gasteiger partial charge in [0, 0.05) is 13.1 Å². The number of nitrogens with zero attached hydrogens (tertiary/aromatic N) is 3. The molecule has 0 aliphatic carbocycles. The highest BCUT2D eigenvalue weighted by atomic mass is 32.2. The number of fused-ring (bicyclic) bond motifs is 1. The zero-order valence-electron chi connectivity index (χ0n) is 19.0. The molecule has 1 fully saturated rings. The summed E-state index contributed by atoms with van der Waals surface area (Å²) in [5, 5.41) is 0.482. The summed E-state index contributed by atoms with van der Waals surface area (Å²) in [7, 11) is 0. The summed E-state index contributed by atoms with van der Waals surface area (Å²) in [6.07, 6.45) is 1.75. The highest BCUT2D eigenvalue weighted by molar-refractivity contribution is 8.14. The minimum absolute atomic E-state index is 0.00681. The van der Waals surface area contributed by atoms with Crippen LogP contribution >= 0.6 is 11.8 Å². The van der Waals surface area contributed by atoms with Crippen LogP contribution in [0.5, 0.6) is 11.5 Å². The highest BCUT2D eigenvalue weighted by Gasteiger charge is 2.33. The van der Waals surface area contributed by atoms with E-state index in [0.717, 1.165) is 11.1 Å². The Balaban J connectivity index is 1.40. The van der Waals surface area contributed by atoms with Crippen LogP contribution in [0.2, 0.25) is 0 Å². The highest BCUT2D eigenvalue weighted by Crippen LogP contribution is 2.34. The Morgan fingerprint density at radius 3 is 2.76 bits per heavy atom. The van der Waals surface area contributed by atoms with Crippen LogP contribution in [0.3, 0.4) is 0 Å². The van der Waals surface area contributed by atoms with Crippen molar-refractivity contribution in [1.29, 1.82) is 0 Å². The van der Waals surface area contributed by atoms with E-state index in [9.17, 15) is 9.59 Å². The third-order valence-corrected chi connectivity index (χ3v) is 6.66. The van der Waals surface area contributed by atoms with Crippen LogP contribution in [-0.4, -0.2) is 60.2 Å². The van der Waals surface area contributed by atoms with E-state index in [1.54, 1.807) is 15.9 Å². The number of amides is 2. The molecule has 0 bridgehead atoms. The van der Waals surface area contributed by atoms with Crippen molar-refractivity contribution in [1.82, 2.24) is 4.90 Å². The standard InChI is InChI=1S/C25H25N3O5S/c1-16-3-6-19(7-4-16)28-24(30)20(11-18-5-8-21-22(12-18)33-15-32-21)26-25(28)34-14-23(29)27-9-10-31-17(2)13-27/h3-8,11-12,17H,9-10,13-15H2,1-2H3/b20-11-. The van der Waals surface area contributed by atoms with Gasteiger partial charge in [0.25, 0.3) is 5.91 Å². The van der Waals surface area contributed by atoms with E-state index >= 15 is 0 Å². The number of aryl methyl sites for hydroxylation is 1. The largest absolute Gasteiger partial charge is 0.454 e. The molecule has 34 heavy (non-hydrogen) atoms. The molecular formula is C25H25N3O5S. The third-order valence-electron chi connectivity index (χ3n) is 5.74. The second-order valence-corrected chi connectivity index (χ2v) is 9.27. The van der Waals surface area contributed by atoms with Gasteiger partial charge in [0.15, 0.2) is 16.7 Å². The lowest BCUT2D eigenvalue weighted by Gasteiger charge is -2.31. The number of anilines is 1. The number of aliphatic imine (C=N–C) groups is 1. The first kappa shape index (κ1) is 22.5. The molecule has 2 aromatic rings. The van der Waals surface area contributed by atoms with Gasteiger partial charge in [-0.1, -0.05) is 35.5 Å². The fourth-order valence-electron chi connectivity index (χ4n) is 3.94. The number of morpholine rings is 1. The molecule has 3 heterocycles. The Labute approximate surface area is 202 Å². The lowest BCUT2D eigenvalue weighted by atomic mass is 10.1. The van der Waals surface area contributed by atoms with E-state index in [0.29, 0.717) is 47.7 Å². The third kappa shape index (κ3) is 4.67. The van der Waals surface area contributed by atoms with E-state index in [1.807, 2.05) is 56.3 Å². The molecule has 3 aliphatic rings. The topological polar surface area (TPSA) is 80.7 Å². The number of carbonyl (C=O) groups is 2. The first-order chi connectivity index (χ1) is 16.5. The number of benzene rings is 2. The Kier molecular flexibility index (Phi) is 6.30. The van der Waals surface area contributed by atoms with Crippen LogP contribution in [0, 0.1) is 6.92 Å². The SMILES string of the molecule is Cc1ccc(N2C(=O)/C(=C/c3ccc4c(c3)OCO4)N=C2SCC(=O)N2CCOC(C)C2)cc1. The lowest BCUT2D eigenvalue weighted by Crippen LogP contribution is -2.45. The molecule has 9 heteroatoms. The van der Waals surface area contributed by atoms with Crippen molar-refractivity contribution in [2.75, 3.05) is 37.1 Å². The molecule has 8 nitrogen and oxygen atoms in total. The summed E-state index contributed by atoms with van der Waals surface area (Å²) >= 11 is 1.27. The maximum atomic E-state index is 13.4. The monoisotopic (exact) mass is 479 g/mol. The van der Waals surface area contributed by atoms with Crippen molar-refractivity contribution in [3.63, 3.8) is 0 Å². The van der Waals surface area contributed by atoms with Gasteiger partial charge in [-0.2, -0.15) is 0 Å². The Morgan fingerprint density at radius 1 is 1.18 bits per heavy atom. The molecule has 176 valence electrons. The Hall–Kier alpha value is -3.30. The maximum Gasteiger partial charge on any atom is 0.283 e. The van der Waals surface area contributed by atoms with Crippen molar-refractivity contribution in [3.8, 4) is 11.5 Å². The van der Waals surface area contributed by atoms with Gasteiger partial charge in [-0.05, 0) is 49.8 Å². The molecule has 5 rings (SSSR count). The van der Waals surface area contributed by atoms with Crippen LogP contribution in [-0.2, 0) is 14.3 Å². The van der Waals surface area contributed by atoms with Crippen LogP contribution < -0.4 is 14.4 Å². The summed E-state index contributed by atoms with van der Waals surface area (Å²) in [6.45, 7) is 5.82. The average molecular weight is 480 g/mol. The molecular weight excluding hydrogens is 454 g/mol. The van der Waals surface area contributed by atoms with Crippen molar-refractivity contribution < 1.29 is 23.8 Å². The van der Waals surface area contributed by atoms with Gasteiger partial charge in [0.05, 0.1) is 24.2 Å². The van der Waals surface area contributed by atoms with Crippen LogP contribution in [0.15, 0.2) is 53.2 Å². The van der Waals surface area contributed by atoms with Gasteiger partial charge in [-0.3, -0.25) is 14.5 Å². The van der Waals surface area contributed by atoms with E-state index in [-0.39, 0.29) is 30.5 Å². The quantitative estimate of drug-likeness (QED) is 0.625. The Bertz CT molecular complexity index is 1180. The average Bonchev–Trinajstić information content (AvgIpc) is 3.42. The number of hydrogen-bond acceptors (Lipinski definition) is 7. The summed E-state index contributed by atoms with van der Waals surface area (Å²) in [5.74, 6) is 1.28. The van der Waals surface area contributed by atoms with Crippen molar-refractivity contribution >= 4 is 40.5 Å². The smallest absolute Gasteiger partial charge is 0.283 e. The number of thioether (sulfide) groups is 1. The summed E-state index contributed by atoms with van der Waals surface area (Å²) in [5.41, 5.74) is 2.89. The molecule has 1 saturated heterocycles. The van der Waals surface area contributed by atoms with Crippen LogP contribution in [0.1, 0.15) is 18.1 Å². The summed E-state index contributed by atoms with van der Waals surface area (Å²) in [6, 6.07) is 13.2. The first-order valence-corrected chi connectivity index (χ1v) is 12.1. The predicted molar refractivity (Wildman–Crippen MR) is 131 cm³/mol. The number of amidine groups is 1. The molecule has 0 spiro atoms. The van der Waals surface area contributed by atoms with Gasteiger partial charge in [-0.25, -0.2) is 4.99 Å². The predicted octanol–water partition coefficient (Wildman–Crippen LogP) is 3.45. The summed E-state index contributed by atoms with van der Waals surface area (Å²) < 4.78 is 16.3. The second-order valence-electron chi connectivity index (χ2n) is 8.32. The zero-order valence-corrected chi connectivity index (χ0v) is 19.8. The molecule has 0 saturated carbocycles. The molecule has 1 unspecified atom stereocenters. The van der Waals surface area contributed by atoms with Gasteiger partial charge in [0.1, 0.15) is 5.70 Å². The van der Waals surface area contributed by atoms with Crippen LogP contribution in [0.4, 0.5) is 5.69 Å². The van der Waals surface area contributed by atoms with E-state index in [1.165, 1.54) is 11.8 Å². The van der Waals surface area contributed by atoms with Crippen molar-refractivity contribution in [2.24, 2.45) is 4.99 Å². The van der Waals surface area contributed by atoms with E-state index < -0.39 is 0 Å². The molecule has 0 radical (unpaired) electrons. The first-order valence-electron chi connectivity index (χ1n) is 11.1. The second kappa shape index (κ2) is 9.52. The summed E-state index contributed by atoms with van der Waals surface area (Å²) in [4.78, 5) is 34.2. The Morgan fingerprint density at radius 2 is 1.97 bits per heavy atom. The molecule has 0 N–H and O–H groups in total. The lowest BCUT2D eigenvalue weighted by molar-refractivity contribution is -0.135. The fraction of sp³-hybridized carbons (Fsp3) is 0.320. The van der Waals surface area contributed by atoms with E-state index in [4.69, 9.17) is 14.2 Å². The number of rotatable bonds is 4. The molecule has 2 amide bonds. The van der Waals surface area contributed by atoms with Crippen molar-refractivity contribution in [3.05, 3.63) is 59.3 Å². The van der Waals surface area contributed by atoms with Crippen molar-refractivity contribution in [2.45, 2.75) is 20.0 Å². The molecule has 1 atom stereocenters. The van der Waals surface area contributed by atoms with Crippen LogP contribution in [0.25, 0.3) is 6.08 Å². The van der Waals surface area contributed by atoms with Gasteiger partial charge >= 0.3 is 0 Å². The number of carbonyl (C=O) groups excluding carboxylic acids is 2. The molecule has 2 aromatic carbocycles. The normalized spacial score (nSPS) is 20.8. The number of hydrogen-bond donors (Lipinski definition) is 0. The number of ether oxygens (including phenoxy) is 3. The van der Waals surface area contributed by atoms with Gasteiger partial charge in [0.2, 0.25) is 12.7 Å². The van der Waals surface area contributed by atoms with Gasteiger partial charge in [-0.15, -0.1) is 0 Å². The van der Waals surface area contributed by atoms with E-state index in [2.05, 4.69) is 4.99 Å². The molecule has 0 aromatic heterocycles. The van der Waals surface area contributed by atoms with Gasteiger partial charge < -0.3 is 19.1 Å². The zero-order chi connectivity index (χ0) is 23.7. The minimum atomic E-state index is -0.239. The minimum Gasteiger partial charge on any atom is -0.454 e. The maximum absolute atomic E-state index is 13.4.